The minimum absolute atomic E-state index is 0.231. The van der Waals surface area contributed by atoms with E-state index in [0.29, 0.717) is 12.6 Å². The van der Waals surface area contributed by atoms with Gasteiger partial charge in [-0.3, -0.25) is 0 Å². The number of imidazole rings is 1. The Bertz CT molecular complexity index is 1130. The maximum atomic E-state index is 14.5. The number of hydrogen-bond donors (Lipinski definition) is 0. The number of halogens is 1. The summed E-state index contributed by atoms with van der Waals surface area (Å²) in [5, 5.41) is 4.21. The Morgan fingerprint density at radius 3 is 2.79 bits per heavy atom. The summed E-state index contributed by atoms with van der Waals surface area (Å²) in [5.74, 6) is 0.618. The molecule has 0 radical (unpaired) electrons. The fourth-order valence-corrected chi connectivity index (χ4v) is 3.57. The highest BCUT2D eigenvalue weighted by atomic mass is 19.1. The molecule has 29 heavy (non-hydrogen) atoms. The van der Waals surface area contributed by atoms with E-state index in [4.69, 9.17) is 4.74 Å². The second kappa shape index (κ2) is 7.50. The first-order chi connectivity index (χ1) is 14.3. The molecular weight excluding hydrogens is 369 g/mol. The average Bonchev–Trinajstić information content (AvgIpc) is 3.20. The highest BCUT2D eigenvalue weighted by molar-refractivity contribution is 5.75. The number of rotatable bonds is 6. The monoisotopic (exact) mass is 389 g/mol. The number of ether oxygens (including phenoxy) is 1. The van der Waals surface area contributed by atoms with Crippen LogP contribution in [0.5, 0.6) is 5.75 Å². The molecule has 0 atom stereocenters. The third kappa shape index (κ3) is 3.40. The van der Waals surface area contributed by atoms with Gasteiger partial charge in [0.25, 0.3) is 0 Å². The molecule has 0 spiro atoms. The van der Waals surface area contributed by atoms with Crippen molar-refractivity contribution in [3.05, 3.63) is 78.8 Å². The van der Waals surface area contributed by atoms with E-state index in [1.54, 1.807) is 29.2 Å². The van der Waals surface area contributed by atoms with E-state index in [9.17, 15) is 4.39 Å². The van der Waals surface area contributed by atoms with E-state index in [-0.39, 0.29) is 11.6 Å². The van der Waals surface area contributed by atoms with Gasteiger partial charge < -0.3 is 9.64 Å². The fourth-order valence-electron chi connectivity index (χ4n) is 3.57. The van der Waals surface area contributed by atoms with E-state index in [0.717, 1.165) is 35.4 Å². The van der Waals surface area contributed by atoms with Crippen LogP contribution in [0.3, 0.4) is 0 Å². The molecular formula is C22H20FN5O. The first kappa shape index (κ1) is 17.6. The molecule has 1 saturated carbocycles. The summed E-state index contributed by atoms with van der Waals surface area (Å²) in [4.78, 5) is 10.9. The summed E-state index contributed by atoms with van der Waals surface area (Å²) in [5.41, 5.74) is 2.65. The van der Waals surface area contributed by atoms with Crippen LogP contribution < -0.4 is 9.64 Å². The molecule has 0 N–H and O–H groups in total. The van der Waals surface area contributed by atoms with Crippen molar-refractivity contribution in [3.63, 3.8) is 0 Å². The first-order valence-corrected chi connectivity index (χ1v) is 9.68. The van der Waals surface area contributed by atoms with E-state index >= 15 is 0 Å². The zero-order chi connectivity index (χ0) is 19.6. The maximum absolute atomic E-state index is 14.5. The van der Waals surface area contributed by atoms with Gasteiger partial charge in [-0.15, -0.1) is 0 Å². The maximum Gasteiger partial charge on any atom is 0.165 e. The lowest BCUT2D eigenvalue weighted by Crippen LogP contribution is -2.37. The second-order valence-corrected chi connectivity index (χ2v) is 7.15. The van der Waals surface area contributed by atoms with Gasteiger partial charge in [0.1, 0.15) is 24.8 Å². The molecule has 5 rings (SSSR count). The van der Waals surface area contributed by atoms with Crippen LogP contribution in [0.25, 0.3) is 5.52 Å². The molecule has 0 bridgehead atoms. The van der Waals surface area contributed by atoms with Crippen LogP contribution in [0, 0.1) is 5.82 Å². The molecule has 4 aromatic rings. The topological polar surface area (TPSA) is 55.6 Å². The summed E-state index contributed by atoms with van der Waals surface area (Å²) in [6.07, 6.45) is 8.20. The molecule has 0 aliphatic heterocycles. The van der Waals surface area contributed by atoms with Crippen LogP contribution in [0.1, 0.15) is 24.8 Å². The SMILES string of the molecule is Fc1ccc(N(c2ncnn3cncc23)C2CCC2)cc1OCc1ccccc1. The quantitative estimate of drug-likeness (QED) is 0.485. The van der Waals surface area contributed by atoms with Gasteiger partial charge in [0, 0.05) is 17.8 Å². The zero-order valence-electron chi connectivity index (χ0n) is 15.8. The van der Waals surface area contributed by atoms with Crippen molar-refractivity contribution in [1.82, 2.24) is 19.6 Å². The molecule has 1 aliphatic rings. The van der Waals surface area contributed by atoms with Crippen LogP contribution >= 0.6 is 0 Å². The molecule has 7 heteroatoms. The lowest BCUT2D eigenvalue weighted by Gasteiger charge is -2.38. The van der Waals surface area contributed by atoms with Gasteiger partial charge in [-0.05, 0) is 37.0 Å². The summed E-state index contributed by atoms with van der Waals surface area (Å²) in [6.45, 7) is 0.311. The predicted octanol–water partition coefficient (Wildman–Crippen LogP) is 4.53. The Kier molecular flexibility index (Phi) is 4.56. The van der Waals surface area contributed by atoms with Crippen LogP contribution in [-0.2, 0) is 6.61 Å². The predicted molar refractivity (Wildman–Crippen MR) is 108 cm³/mol. The largest absolute Gasteiger partial charge is 0.486 e. The van der Waals surface area contributed by atoms with Crippen molar-refractivity contribution >= 4 is 17.0 Å². The van der Waals surface area contributed by atoms with E-state index in [1.807, 2.05) is 30.3 Å². The zero-order valence-corrected chi connectivity index (χ0v) is 15.8. The number of nitrogens with zero attached hydrogens (tertiary/aromatic N) is 5. The van der Waals surface area contributed by atoms with Crippen molar-refractivity contribution in [2.45, 2.75) is 31.9 Å². The third-order valence-electron chi connectivity index (χ3n) is 5.30. The Hall–Kier alpha value is -3.48. The van der Waals surface area contributed by atoms with Crippen LogP contribution in [0.15, 0.2) is 67.4 Å². The van der Waals surface area contributed by atoms with Crippen LogP contribution in [-0.4, -0.2) is 25.6 Å². The van der Waals surface area contributed by atoms with Crippen molar-refractivity contribution in [2.24, 2.45) is 0 Å². The molecule has 6 nitrogen and oxygen atoms in total. The normalized spacial score (nSPS) is 14.0. The van der Waals surface area contributed by atoms with Gasteiger partial charge in [-0.1, -0.05) is 30.3 Å². The number of fused-ring (bicyclic) bond motifs is 1. The fraction of sp³-hybridized carbons (Fsp3) is 0.227. The lowest BCUT2D eigenvalue weighted by atomic mass is 9.91. The third-order valence-corrected chi connectivity index (χ3v) is 5.30. The van der Waals surface area contributed by atoms with Crippen molar-refractivity contribution in [2.75, 3.05) is 4.90 Å². The highest BCUT2D eigenvalue weighted by Crippen LogP contribution is 2.38. The number of benzene rings is 2. The molecule has 2 heterocycles. The number of anilines is 2. The summed E-state index contributed by atoms with van der Waals surface area (Å²) < 4.78 is 22.0. The van der Waals surface area contributed by atoms with Gasteiger partial charge in [0.05, 0.1) is 6.20 Å². The summed E-state index contributed by atoms with van der Waals surface area (Å²) in [7, 11) is 0. The first-order valence-electron chi connectivity index (χ1n) is 9.68. The molecule has 1 aliphatic carbocycles. The van der Waals surface area contributed by atoms with Gasteiger partial charge in [0.15, 0.2) is 17.4 Å². The molecule has 1 fully saturated rings. The van der Waals surface area contributed by atoms with Gasteiger partial charge in [-0.25, -0.2) is 18.9 Å². The molecule has 0 saturated heterocycles. The minimum atomic E-state index is -0.379. The summed E-state index contributed by atoms with van der Waals surface area (Å²) >= 11 is 0. The van der Waals surface area contributed by atoms with Gasteiger partial charge in [-0.2, -0.15) is 5.10 Å². The van der Waals surface area contributed by atoms with Crippen LogP contribution in [0.2, 0.25) is 0 Å². The van der Waals surface area contributed by atoms with Gasteiger partial charge >= 0.3 is 0 Å². The molecule has 146 valence electrons. The Balaban J connectivity index is 1.50. The minimum Gasteiger partial charge on any atom is -0.486 e. The smallest absolute Gasteiger partial charge is 0.165 e. The molecule has 2 aromatic heterocycles. The number of aromatic nitrogens is 4. The summed E-state index contributed by atoms with van der Waals surface area (Å²) in [6, 6.07) is 15.0. The van der Waals surface area contributed by atoms with Crippen molar-refractivity contribution in [1.29, 1.82) is 0 Å². The Morgan fingerprint density at radius 1 is 1.14 bits per heavy atom. The van der Waals surface area contributed by atoms with E-state index in [2.05, 4.69) is 20.0 Å². The van der Waals surface area contributed by atoms with Crippen molar-refractivity contribution < 1.29 is 9.13 Å². The lowest BCUT2D eigenvalue weighted by molar-refractivity contribution is 0.290. The Morgan fingerprint density at radius 2 is 2.00 bits per heavy atom. The van der Waals surface area contributed by atoms with Crippen molar-refractivity contribution in [3.8, 4) is 5.75 Å². The van der Waals surface area contributed by atoms with E-state index in [1.165, 1.54) is 18.8 Å². The molecule has 0 amide bonds. The van der Waals surface area contributed by atoms with Crippen LogP contribution in [0.4, 0.5) is 15.9 Å². The molecule has 0 unspecified atom stereocenters. The standard InChI is InChI=1S/C22H20FN5O/c23-19-10-9-18(11-21(19)29-13-16-5-2-1-3-6-16)28(17-7-4-8-17)22-20-12-24-15-27(20)26-14-25-22/h1-3,5-6,9-12,14-15,17H,4,7-8,13H2. The molecule has 2 aromatic carbocycles. The Labute approximate surface area is 167 Å². The second-order valence-electron chi connectivity index (χ2n) is 7.15. The number of hydrogen-bond acceptors (Lipinski definition) is 5. The average molecular weight is 389 g/mol. The highest BCUT2D eigenvalue weighted by Gasteiger charge is 2.29. The van der Waals surface area contributed by atoms with E-state index < -0.39 is 0 Å². The van der Waals surface area contributed by atoms with Gasteiger partial charge in [0.2, 0.25) is 0 Å².